The fourth-order valence-corrected chi connectivity index (χ4v) is 6.83. The topological polar surface area (TPSA) is 43.9 Å². The molecule has 0 saturated carbocycles. The fourth-order valence-electron chi connectivity index (χ4n) is 6.83. The first-order valence-electron chi connectivity index (χ1n) is 17.5. The average molecular weight is 669 g/mol. The normalized spacial score (nSPS) is 12.4. The molecule has 2 heterocycles. The first-order chi connectivity index (χ1) is 25.7. The van der Waals surface area contributed by atoms with Crippen molar-refractivity contribution in [3.63, 3.8) is 0 Å². The van der Waals surface area contributed by atoms with Gasteiger partial charge in [0.1, 0.15) is 5.22 Å². The Balaban J connectivity index is 1.01. The molecular weight excluding hydrogens is 635 g/mol. The van der Waals surface area contributed by atoms with Crippen LogP contribution in [0.5, 0.6) is 0 Å². The van der Waals surface area contributed by atoms with Crippen LogP contribution in [0.2, 0.25) is 0 Å². The van der Waals surface area contributed by atoms with E-state index >= 15 is 0 Å². The Morgan fingerprint density at radius 2 is 0.981 bits per heavy atom. The van der Waals surface area contributed by atoms with Crippen molar-refractivity contribution in [1.82, 2.24) is 4.98 Å². The zero-order valence-corrected chi connectivity index (χ0v) is 28.4. The van der Waals surface area contributed by atoms with E-state index in [9.17, 15) is 0 Å². The molecule has 1 aliphatic heterocycles. The molecule has 0 aliphatic carbocycles. The van der Waals surface area contributed by atoms with Crippen LogP contribution < -0.4 is 4.90 Å². The van der Waals surface area contributed by atoms with Gasteiger partial charge in [-0.3, -0.25) is 4.98 Å². The maximum atomic E-state index is 4.60. The largest absolute Gasteiger partial charge is 0.310 e. The molecule has 0 unspecified atom stereocenters. The van der Waals surface area contributed by atoms with Crippen molar-refractivity contribution in [2.75, 3.05) is 11.4 Å². The lowest BCUT2D eigenvalue weighted by molar-refractivity contribution is -0.492. The minimum absolute atomic E-state index is 0.598. The van der Waals surface area contributed by atoms with Crippen molar-refractivity contribution in [1.29, 1.82) is 0 Å². The molecule has 1 aliphatic rings. The van der Waals surface area contributed by atoms with E-state index in [1.54, 1.807) is 0 Å². The van der Waals surface area contributed by atoms with Gasteiger partial charge in [0.25, 0.3) is 0 Å². The molecule has 0 bridgehead atoms. The summed E-state index contributed by atoms with van der Waals surface area (Å²) < 4.78 is 1.94. The van der Waals surface area contributed by atoms with E-state index in [0.717, 1.165) is 56.1 Å². The molecule has 0 spiro atoms. The van der Waals surface area contributed by atoms with Gasteiger partial charge in [-0.25, -0.2) is 0 Å². The van der Waals surface area contributed by atoms with Crippen LogP contribution >= 0.6 is 0 Å². The highest BCUT2D eigenvalue weighted by molar-refractivity contribution is 6.05. The summed E-state index contributed by atoms with van der Waals surface area (Å²) in [6.07, 6.45) is 1.82. The molecule has 9 rings (SSSR count). The minimum atomic E-state index is 0.598. The molecule has 0 fully saturated rings. The molecule has 52 heavy (non-hydrogen) atoms. The van der Waals surface area contributed by atoms with Gasteiger partial charge in [0.15, 0.2) is 12.2 Å². The number of anilines is 3. The first kappa shape index (κ1) is 31.0. The van der Waals surface area contributed by atoms with Crippen LogP contribution in [-0.4, -0.2) is 21.9 Å². The second-order valence-corrected chi connectivity index (χ2v) is 12.9. The lowest BCUT2D eigenvalue weighted by Gasteiger charge is -2.26. The quantitative estimate of drug-likeness (QED) is 0.151. The monoisotopic (exact) mass is 668 g/mol. The summed E-state index contributed by atoms with van der Waals surface area (Å²) in [5.74, 6) is 0. The predicted octanol–water partition coefficient (Wildman–Crippen LogP) is 12.2. The van der Waals surface area contributed by atoms with E-state index < -0.39 is 0 Å². The van der Waals surface area contributed by atoms with Gasteiger partial charge in [-0.15, -0.1) is 4.70 Å². The number of fused-ring (bicyclic) bond motifs is 1. The van der Waals surface area contributed by atoms with Crippen LogP contribution in [0.25, 0.3) is 44.3 Å². The van der Waals surface area contributed by atoms with E-state index in [-0.39, 0.29) is 0 Å². The van der Waals surface area contributed by atoms with Gasteiger partial charge in [0, 0.05) is 34.4 Å². The van der Waals surface area contributed by atoms with E-state index in [4.69, 9.17) is 0 Å². The molecule has 0 atom stereocenters. The fraction of sp³-hybridized carbons (Fsp3) is 0.0213. The van der Waals surface area contributed by atoms with Crippen LogP contribution in [0.15, 0.2) is 205 Å². The molecule has 7 aromatic carbocycles. The Labute approximate surface area is 303 Å². The summed E-state index contributed by atoms with van der Waals surface area (Å²) in [4.78, 5) is 6.84. The van der Waals surface area contributed by atoms with E-state index in [1.807, 2.05) is 35.2 Å². The van der Waals surface area contributed by atoms with Crippen LogP contribution in [0.3, 0.4) is 0 Å². The third kappa shape index (κ3) is 6.28. The number of nitrogens with zero attached hydrogens (tertiary/aromatic N) is 5. The smallest absolute Gasteiger partial charge is 0.231 e. The zero-order valence-electron chi connectivity index (χ0n) is 28.4. The number of rotatable bonds is 8. The Bertz CT molecular complexity index is 2480. The van der Waals surface area contributed by atoms with Crippen molar-refractivity contribution in [2.45, 2.75) is 0 Å². The van der Waals surface area contributed by atoms with E-state index in [1.165, 1.54) is 22.3 Å². The Morgan fingerprint density at radius 3 is 1.63 bits per heavy atom. The van der Waals surface area contributed by atoms with Gasteiger partial charge in [-0.05, 0) is 99.8 Å². The summed E-state index contributed by atoms with van der Waals surface area (Å²) in [7, 11) is 0. The summed E-state index contributed by atoms with van der Waals surface area (Å²) in [6.45, 7) is 0.598. The van der Waals surface area contributed by atoms with Crippen LogP contribution in [0.4, 0.5) is 22.7 Å². The molecule has 0 N–H and O–H groups in total. The summed E-state index contributed by atoms with van der Waals surface area (Å²) in [5.41, 5.74) is 13.0. The van der Waals surface area contributed by atoms with Crippen molar-refractivity contribution in [3.8, 4) is 33.5 Å². The molecule has 246 valence electrons. The number of pyridine rings is 1. The zero-order chi connectivity index (χ0) is 34.7. The highest BCUT2D eigenvalue weighted by Crippen LogP contribution is 2.38. The third-order valence-electron chi connectivity index (χ3n) is 9.56. The van der Waals surface area contributed by atoms with Crippen molar-refractivity contribution in [2.24, 2.45) is 10.3 Å². The van der Waals surface area contributed by atoms with Gasteiger partial charge in [-0.1, -0.05) is 121 Å². The van der Waals surface area contributed by atoms with Gasteiger partial charge >= 0.3 is 0 Å². The van der Waals surface area contributed by atoms with Gasteiger partial charge in [0.2, 0.25) is 5.71 Å². The Hall–Kier alpha value is -6.98. The molecule has 5 heteroatoms. The number of hydrogen-bond acceptors (Lipinski definition) is 4. The first-order valence-corrected chi connectivity index (χ1v) is 17.5. The molecule has 0 amide bonds. The summed E-state index contributed by atoms with van der Waals surface area (Å²) in [6, 6.07) is 66.2. The second kappa shape index (κ2) is 13.7. The van der Waals surface area contributed by atoms with Crippen LogP contribution in [0.1, 0.15) is 5.56 Å². The summed E-state index contributed by atoms with van der Waals surface area (Å²) >= 11 is 0. The van der Waals surface area contributed by atoms with E-state index in [0.29, 0.717) is 6.54 Å². The summed E-state index contributed by atoms with van der Waals surface area (Å²) in [5, 5.41) is 11.4. The SMILES string of the molecule is c1ccc(-c2ccc(N(c3ccc(-c4ccccc4)cc3)c3ccc4cc(C5=NN=[N+](c6cccc(-c7ccccn7)c6)C5)ccc4c3)cc2)cc1. The molecule has 1 aromatic heterocycles. The van der Waals surface area contributed by atoms with Crippen LogP contribution in [-0.2, 0) is 0 Å². The van der Waals surface area contributed by atoms with Crippen LogP contribution in [0, 0.1) is 0 Å². The Morgan fingerprint density at radius 1 is 0.423 bits per heavy atom. The van der Waals surface area contributed by atoms with E-state index in [2.05, 4.69) is 184 Å². The second-order valence-electron chi connectivity index (χ2n) is 12.9. The number of hydrogen-bond donors (Lipinski definition) is 0. The molecule has 0 saturated heterocycles. The lowest BCUT2D eigenvalue weighted by Crippen LogP contribution is -2.12. The highest BCUT2D eigenvalue weighted by atomic mass is 15.5. The Kier molecular flexibility index (Phi) is 8.20. The van der Waals surface area contributed by atoms with Gasteiger partial charge in [-0.2, -0.15) is 0 Å². The van der Waals surface area contributed by atoms with Crippen molar-refractivity contribution in [3.05, 3.63) is 200 Å². The van der Waals surface area contributed by atoms with Crippen molar-refractivity contribution >= 4 is 39.2 Å². The maximum Gasteiger partial charge on any atom is 0.231 e. The third-order valence-corrected chi connectivity index (χ3v) is 9.56. The number of benzene rings is 7. The van der Waals surface area contributed by atoms with Gasteiger partial charge < -0.3 is 4.90 Å². The number of aromatic nitrogens is 1. The average Bonchev–Trinajstić information content (AvgIpc) is 3.73. The predicted molar refractivity (Wildman–Crippen MR) is 213 cm³/mol. The van der Waals surface area contributed by atoms with Crippen molar-refractivity contribution < 1.29 is 4.70 Å². The molecular formula is C47H34N5+. The molecule has 5 nitrogen and oxygen atoms in total. The highest BCUT2D eigenvalue weighted by Gasteiger charge is 2.24. The lowest BCUT2D eigenvalue weighted by atomic mass is 10.0. The minimum Gasteiger partial charge on any atom is -0.310 e. The standard InChI is InChI=1S/C47H34N5/c1-3-10-34(11-4-1)36-19-24-42(25-20-36)52(43-26-21-37(22-27-43)35-12-5-2-6-13-35)45-28-23-38-30-41(18-17-39(38)31-45)47-33-51(50-49-47)44-15-9-14-40(32-44)46-16-7-8-29-48-46/h1-32H,33H2/q+1. The molecule has 8 aromatic rings. The molecule has 0 radical (unpaired) electrons. The maximum absolute atomic E-state index is 4.60. The van der Waals surface area contributed by atoms with Gasteiger partial charge in [0.05, 0.1) is 10.8 Å².